The Kier molecular flexibility index (Phi) is 4.92. The molecule has 0 bridgehead atoms. The molecule has 27 heavy (non-hydrogen) atoms. The lowest BCUT2D eigenvalue weighted by Gasteiger charge is -2.05. The van der Waals surface area contributed by atoms with Crippen LogP contribution in [0, 0.1) is 6.92 Å². The average molecular weight is 357 g/mol. The van der Waals surface area contributed by atoms with Crippen molar-refractivity contribution < 1.29 is 9.26 Å². The van der Waals surface area contributed by atoms with Crippen LogP contribution in [0.2, 0.25) is 0 Å². The summed E-state index contributed by atoms with van der Waals surface area (Å²) >= 11 is 0. The Balaban J connectivity index is 1.38. The fourth-order valence-corrected chi connectivity index (χ4v) is 2.70. The van der Waals surface area contributed by atoms with Crippen LogP contribution in [0.1, 0.15) is 22.5 Å². The monoisotopic (exact) mass is 357 g/mol. The quantitative estimate of drug-likeness (QED) is 0.504. The molecule has 4 rings (SSSR count). The normalized spacial score (nSPS) is 10.7. The van der Waals surface area contributed by atoms with Crippen LogP contribution in [-0.4, -0.2) is 15.1 Å². The van der Waals surface area contributed by atoms with Crippen molar-refractivity contribution in [2.75, 3.05) is 0 Å². The van der Waals surface area contributed by atoms with Gasteiger partial charge in [-0.15, -0.1) is 0 Å². The summed E-state index contributed by atoms with van der Waals surface area (Å²) < 4.78 is 11.1. The summed E-state index contributed by atoms with van der Waals surface area (Å²) in [5, 5.41) is 4.17. The van der Waals surface area contributed by atoms with E-state index >= 15 is 0 Å². The number of rotatable bonds is 6. The molecular weight excluding hydrogens is 338 g/mol. The van der Waals surface area contributed by atoms with Crippen molar-refractivity contribution in [1.82, 2.24) is 15.1 Å². The summed E-state index contributed by atoms with van der Waals surface area (Å²) in [4.78, 5) is 8.45. The Morgan fingerprint density at radius 3 is 2.52 bits per heavy atom. The molecule has 0 aliphatic rings. The predicted octanol–water partition coefficient (Wildman–Crippen LogP) is 4.61. The van der Waals surface area contributed by atoms with E-state index in [0.717, 1.165) is 28.3 Å². The highest BCUT2D eigenvalue weighted by Gasteiger charge is 2.08. The van der Waals surface area contributed by atoms with Crippen LogP contribution >= 0.6 is 0 Å². The van der Waals surface area contributed by atoms with E-state index in [-0.39, 0.29) is 0 Å². The van der Waals surface area contributed by atoms with Gasteiger partial charge in [-0.05, 0) is 36.2 Å². The highest BCUT2D eigenvalue weighted by molar-refractivity contribution is 5.56. The predicted molar refractivity (Wildman–Crippen MR) is 102 cm³/mol. The van der Waals surface area contributed by atoms with Gasteiger partial charge in [-0.3, -0.25) is 4.98 Å². The topological polar surface area (TPSA) is 61.0 Å². The molecule has 0 amide bonds. The Bertz CT molecular complexity index is 994. The second kappa shape index (κ2) is 7.83. The summed E-state index contributed by atoms with van der Waals surface area (Å²) in [7, 11) is 0. The molecule has 0 unspecified atom stereocenters. The van der Waals surface area contributed by atoms with Gasteiger partial charge in [0.25, 0.3) is 0 Å². The third-order valence-electron chi connectivity index (χ3n) is 4.19. The van der Waals surface area contributed by atoms with Crippen molar-refractivity contribution in [3.63, 3.8) is 0 Å². The second-order valence-corrected chi connectivity index (χ2v) is 6.32. The maximum absolute atomic E-state index is 5.67. The first-order valence-corrected chi connectivity index (χ1v) is 8.76. The molecule has 4 aromatic rings. The number of benzene rings is 1. The van der Waals surface area contributed by atoms with E-state index in [9.17, 15) is 0 Å². The smallest absolute Gasteiger partial charge is 0.213 e. The van der Waals surface area contributed by atoms with Crippen molar-refractivity contribution in [2.45, 2.75) is 20.0 Å². The number of pyridine rings is 2. The standard InChI is InChI=1S/C22H19N3O2/c1-16-5-10-19(14-24-16)21-13-20(25-27-21)12-17-6-8-18(9-7-17)15-26-22-4-2-3-11-23-22/h2-11,13-14H,12,15H2,1H3. The minimum atomic E-state index is 0.492. The zero-order valence-corrected chi connectivity index (χ0v) is 15.0. The number of aryl methyl sites for hydroxylation is 1. The molecule has 0 saturated heterocycles. The van der Waals surface area contributed by atoms with Crippen molar-refractivity contribution in [1.29, 1.82) is 0 Å². The highest BCUT2D eigenvalue weighted by atomic mass is 16.5. The lowest BCUT2D eigenvalue weighted by molar-refractivity contribution is 0.294. The number of nitrogens with zero attached hydrogens (tertiary/aromatic N) is 3. The summed E-state index contributed by atoms with van der Waals surface area (Å²) in [6, 6.07) is 19.8. The number of hydrogen-bond acceptors (Lipinski definition) is 5. The van der Waals surface area contributed by atoms with E-state index in [4.69, 9.17) is 9.26 Å². The van der Waals surface area contributed by atoms with Crippen molar-refractivity contribution in [2.24, 2.45) is 0 Å². The van der Waals surface area contributed by atoms with Crippen LogP contribution in [0.15, 0.2) is 77.6 Å². The van der Waals surface area contributed by atoms with Crippen LogP contribution in [0.5, 0.6) is 5.88 Å². The summed E-state index contributed by atoms with van der Waals surface area (Å²) in [6.45, 7) is 2.45. The number of aromatic nitrogens is 3. The molecule has 134 valence electrons. The maximum atomic E-state index is 5.67. The van der Waals surface area contributed by atoms with Gasteiger partial charge < -0.3 is 9.26 Å². The van der Waals surface area contributed by atoms with Crippen LogP contribution in [0.3, 0.4) is 0 Å². The van der Waals surface area contributed by atoms with Crippen LogP contribution in [-0.2, 0) is 13.0 Å². The van der Waals surface area contributed by atoms with Crippen molar-refractivity contribution in [3.8, 4) is 17.2 Å². The summed E-state index contributed by atoms with van der Waals surface area (Å²) in [5.74, 6) is 1.36. The molecular formula is C22H19N3O2. The van der Waals surface area contributed by atoms with E-state index in [2.05, 4.69) is 39.4 Å². The molecule has 0 N–H and O–H groups in total. The molecule has 0 aliphatic heterocycles. The van der Waals surface area contributed by atoms with Crippen LogP contribution < -0.4 is 4.74 Å². The first-order valence-electron chi connectivity index (χ1n) is 8.76. The van der Waals surface area contributed by atoms with Gasteiger partial charge in [0.2, 0.25) is 5.88 Å². The van der Waals surface area contributed by atoms with Gasteiger partial charge in [0.1, 0.15) is 6.61 Å². The van der Waals surface area contributed by atoms with Crippen LogP contribution in [0.25, 0.3) is 11.3 Å². The zero-order chi connectivity index (χ0) is 18.5. The van der Waals surface area contributed by atoms with Gasteiger partial charge in [0, 0.05) is 42.2 Å². The number of ether oxygens (including phenoxy) is 1. The average Bonchev–Trinajstić information content (AvgIpc) is 3.17. The lowest BCUT2D eigenvalue weighted by Crippen LogP contribution is -1.97. The zero-order valence-electron chi connectivity index (χ0n) is 15.0. The van der Waals surface area contributed by atoms with E-state index in [1.54, 1.807) is 12.4 Å². The van der Waals surface area contributed by atoms with E-state index in [0.29, 0.717) is 18.9 Å². The first kappa shape index (κ1) is 17.0. The maximum Gasteiger partial charge on any atom is 0.213 e. The largest absolute Gasteiger partial charge is 0.473 e. The molecule has 0 spiro atoms. The molecule has 0 atom stereocenters. The second-order valence-electron chi connectivity index (χ2n) is 6.32. The molecule has 5 nitrogen and oxygen atoms in total. The van der Waals surface area contributed by atoms with Crippen molar-refractivity contribution >= 4 is 0 Å². The Morgan fingerprint density at radius 2 is 1.78 bits per heavy atom. The van der Waals surface area contributed by atoms with Gasteiger partial charge in [-0.1, -0.05) is 35.5 Å². The summed E-state index contributed by atoms with van der Waals surface area (Å²) in [6.07, 6.45) is 4.23. The minimum Gasteiger partial charge on any atom is -0.473 e. The first-order chi connectivity index (χ1) is 13.3. The molecule has 3 aromatic heterocycles. The fraction of sp³-hybridized carbons (Fsp3) is 0.136. The number of hydrogen-bond donors (Lipinski definition) is 0. The lowest BCUT2D eigenvalue weighted by atomic mass is 10.1. The van der Waals surface area contributed by atoms with E-state index in [1.807, 2.05) is 43.3 Å². The third-order valence-corrected chi connectivity index (χ3v) is 4.19. The molecule has 0 saturated carbocycles. The van der Waals surface area contributed by atoms with Crippen molar-refractivity contribution in [3.05, 3.63) is 95.6 Å². The minimum absolute atomic E-state index is 0.492. The summed E-state index contributed by atoms with van der Waals surface area (Å²) in [5.41, 5.74) is 5.06. The Morgan fingerprint density at radius 1 is 0.926 bits per heavy atom. The molecule has 0 aliphatic carbocycles. The molecule has 0 radical (unpaired) electrons. The SMILES string of the molecule is Cc1ccc(-c2cc(Cc3ccc(COc4ccccn4)cc3)no2)cn1. The van der Waals surface area contributed by atoms with Gasteiger partial charge >= 0.3 is 0 Å². The fourth-order valence-electron chi connectivity index (χ4n) is 2.70. The molecule has 0 fully saturated rings. The highest BCUT2D eigenvalue weighted by Crippen LogP contribution is 2.21. The van der Waals surface area contributed by atoms with Gasteiger partial charge in [-0.2, -0.15) is 0 Å². The third kappa shape index (κ3) is 4.39. The van der Waals surface area contributed by atoms with Gasteiger partial charge in [0.15, 0.2) is 5.76 Å². The van der Waals surface area contributed by atoms with E-state index < -0.39 is 0 Å². The Hall–Kier alpha value is -3.47. The van der Waals surface area contributed by atoms with Crippen LogP contribution in [0.4, 0.5) is 0 Å². The van der Waals surface area contributed by atoms with Gasteiger partial charge in [0.05, 0.1) is 5.69 Å². The van der Waals surface area contributed by atoms with Gasteiger partial charge in [-0.25, -0.2) is 4.98 Å². The molecule has 5 heteroatoms. The molecule has 1 aromatic carbocycles. The van der Waals surface area contributed by atoms with E-state index in [1.165, 1.54) is 5.56 Å². The molecule has 3 heterocycles. The Labute approximate surface area is 157 Å².